The van der Waals surface area contributed by atoms with Crippen molar-refractivity contribution >= 4 is 34.3 Å². The number of halogens is 4. The van der Waals surface area contributed by atoms with Crippen molar-refractivity contribution in [3.63, 3.8) is 0 Å². The van der Waals surface area contributed by atoms with Crippen LogP contribution in [0, 0.1) is 6.92 Å². The number of aliphatic imine (C=N–C) groups is 1. The van der Waals surface area contributed by atoms with Gasteiger partial charge in [0.2, 0.25) is 0 Å². The fourth-order valence-electron chi connectivity index (χ4n) is 6.60. The number of piperidine rings is 1. The standard InChI is InChI=1S/C34H37F4N7OS/c1-19(35)16-44-10-7-22(8-11-44)21-3-5-23(6-4-21)25-14-26(32(37)38)27(29(39)20(25)2)15-41-31(33(46)43-34-40-9-12-47-34)30-28-13-24(36)17-45(28)18-42-30/h3-6,9,12,14-15,18-19,22,24,31-32H,7-8,10-11,13,16-17,39H2,1-2H3,(H,40,43,46)/t19?,24-,31?/m1/s1. The van der Waals surface area contributed by atoms with Crippen LogP contribution in [0.2, 0.25) is 0 Å². The number of fused-ring (bicyclic) bond motifs is 1. The summed E-state index contributed by atoms with van der Waals surface area (Å²) in [5, 5.41) is 4.73. The molecule has 47 heavy (non-hydrogen) atoms. The van der Waals surface area contributed by atoms with Crippen LogP contribution in [-0.4, -0.2) is 63.5 Å². The second-order valence-electron chi connectivity index (χ2n) is 12.3. The summed E-state index contributed by atoms with van der Waals surface area (Å²) in [6.07, 6.45) is 1.29. The number of nitrogen functional groups attached to an aromatic ring is 1. The van der Waals surface area contributed by atoms with E-state index in [0.29, 0.717) is 34.4 Å². The Morgan fingerprint density at radius 2 is 1.94 bits per heavy atom. The van der Waals surface area contributed by atoms with Crippen LogP contribution in [0.5, 0.6) is 0 Å². The van der Waals surface area contributed by atoms with Crippen molar-refractivity contribution in [2.45, 2.75) is 70.4 Å². The topological polar surface area (TPSA) is 101 Å². The molecule has 248 valence electrons. The lowest BCUT2D eigenvalue weighted by molar-refractivity contribution is -0.117. The third kappa shape index (κ3) is 7.10. The molecule has 4 heterocycles. The van der Waals surface area contributed by atoms with Gasteiger partial charge in [-0.05, 0) is 74.0 Å². The molecule has 3 N–H and O–H groups in total. The molecule has 3 atom stereocenters. The molecular formula is C34H37F4N7OS. The molecule has 0 radical (unpaired) electrons. The number of amides is 1. The van der Waals surface area contributed by atoms with Crippen LogP contribution in [0.15, 0.2) is 53.2 Å². The fraction of sp³-hybridized carbons (Fsp3) is 0.412. The first-order valence-corrected chi connectivity index (χ1v) is 16.6. The SMILES string of the molecule is Cc1c(-c2ccc(C3CCN(CC(C)F)CC3)cc2)cc(C(F)F)c(C=NC(C(=O)Nc2nccs2)c2ncn3c2C[C@@H](F)C3)c1N. The van der Waals surface area contributed by atoms with Crippen LogP contribution in [0.3, 0.4) is 0 Å². The third-order valence-electron chi connectivity index (χ3n) is 9.05. The maximum Gasteiger partial charge on any atom is 0.264 e. The van der Waals surface area contributed by atoms with Crippen molar-refractivity contribution in [2.75, 3.05) is 30.7 Å². The van der Waals surface area contributed by atoms with Crippen LogP contribution in [0.1, 0.15) is 71.8 Å². The zero-order chi connectivity index (χ0) is 33.2. The number of rotatable bonds is 10. The molecule has 4 aromatic rings. The molecular weight excluding hydrogens is 630 g/mol. The van der Waals surface area contributed by atoms with Crippen molar-refractivity contribution in [2.24, 2.45) is 4.99 Å². The number of nitrogens with one attached hydrogen (secondary N) is 1. The Morgan fingerprint density at radius 3 is 2.60 bits per heavy atom. The van der Waals surface area contributed by atoms with E-state index in [9.17, 15) is 22.4 Å². The number of likely N-dealkylation sites (tertiary alicyclic amines) is 1. The molecule has 2 aliphatic heterocycles. The molecule has 8 nitrogen and oxygen atoms in total. The lowest BCUT2D eigenvalue weighted by atomic mass is 9.87. The Bertz CT molecular complexity index is 1730. The van der Waals surface area contributed by atoms with Gasteiger partial charge < -0.3 is 15.2 Å². The average molecular weight is 668 g/mol. The van der Waals surface area contributed by atoms with Gasteiger partial charge in [0.05, 0.1) is 18.6 Å². The zero-order valence-corrected chi connectivity index (χ0v) is 27.0. The maximum absolute atomic E-state index is 14.6. The number of carbonyl (C=O) groups is 1. The molecule has 2 aromatic carbocycles. The smallest absolute Gasteiger partial charge is 0.264 e. The first-order chi connectivity index (χ1) is 22.6. The molecule has 2 aliphatic rings. The van der Waals surface area contributed by atoms with Gasteiger partial charge in [-0.15, -0.1) is 11.3 Å². The lowest BCUT2D eigenvalue weighted by Gasteiger charge is -2.32. The average Bonchev–Trinajstić information content (AvgIpc) is 3.78. The van der Waals surface area contributed by atoms with Crippen LogP contribution in [0.25, 0.3) is 11.1 Å². The van der Waals surface area contributed by atoms with Crippen molar-refractivity contribution in [3.05, 3.63) is 81.9 Å². The third-order valence-corrected chi connectivity index (χ3v) is 9.73. The molecule has 0 bridgehead atoms. The van der Waals surface area contributed by atoms with E-state index < -0.39 is 30.7 Å². The summed E-state index contributed by atoms with van der Waals surface area (Å²) in [6, 6.07) is 8.08. The normalized spacial score (nSPS) is 18.6. The van der Waals surface area contributed by atoms with Gasteiger partial charge in [0.1, 0.15) is 12.3 Å². The van der Waals surface area contributed by atoms with E-state index in [0.717, 1.165) is 37.1 Å². The number of hydrogen-bond acceptors (Lipinski definition) is 7. The minimum absolute atomic E-state index is 0.0125. The highest BCUT2D eigenvalue weighted by atomic mass is 32.1. The minimum Gasteiger partial charge on any atom is -0.398 e. The monoisotopic (exact) mass is 667 g/mol. The second kappa shape index (κ2) is 13.9. The van der Waals surface area contributed by atoms with Gasteiger partial charge in [0.15, 0.2) is 11.2 Å². The highest BCUT2D eigenvalue weighted by Crippen LogP contribution is 2.38. The van der Waals surface area contributed by atoms with Gasteiger partial charge in [0, 0.05) is 53.3 Å². The van der Waals surface area contributed by atoms with E-state index in [1.807, 2.05) is 24.3 Å². The van der Waals surface area contributed by atoms with Crippen molar-refractivity contribution in [3.8, 4) is 11.1 Å². The number of carbonyl (C=O) groups excluding carboxylic acids is 1. The molecule has 2 aromatic heterocycles. The van der Waals surface area contributed by atoms with Crippen molar-refractivity contribution in [1.82, 2.24) is 19.4 Å². The largest absolute Gasteiger partial charge is 0.398 e. The summed E-state index contributed by atoms with van der Waals surface area (Å²) in [4.78, 5) is 28.5. The predicted molar refractivity (Wildman–Crippen MR) is 177 cm³/mol. The molecule has 1 saturated heterocycles. The number of thiazole rings is 1. The Labute approximate surface area is 274 Å². The molecule has 0 aliphatic carbocycles. The van der Waals surface area contributed by atoms with E-state index in [4.69, 9.17) is 5.73 Å². The predicted octanol–water partition coefficient (Wildman–Crippen LogP) is 7.07. The van der Waals surface area contributed by atoms with E-state index >= 15 is 0 Å². The summed E-state index contributed by atoms with van der Waals surface area (Å²) in [5.41, 5.74) is 10.2. The molecule has 0 saturated carbocycles. The van der Waals surface area contributed by atoms with Gasteiger partial charge in [-0.2, -0.15) is 0 Å². The molecule has 13 heteroatoms. The lowest BCUT2D eigenvalue weighted by Crippen LogP contribution is -2.36. The number of hydrogen-bond donors (Lipinski definition) is 2. The van der Waals surface area contributed by atoms with E-state index in [-0.39, 0.29) is 35.5 Å². The molecule has 1 fully saturated rings. The van der Waals surface area contributed by atoms with Crippen LogP contribution in [0.4, 0.5) is 28.4 Å². The fourth-order valence-corrected chi connectivity index (χ4v) is 7.13. The first kappa shape index (κ1) is 32.8. The molecule has 6 rings (SSSR count). The summed E-state index contributed by atoms with van der Waals surface area (Å²) in [7, 11) is 0. The number of anilines is 2. The Balaban J connectivity index is 1.28. The summed E-state index contributed by atoms with van der Waals surface area (Å²) in [5.74, 6) is -0.224. The minimum atomic E-state index is -2.87. The highest BCUT2D eigenvalue weighted by Gasteiger charge is 2.32. The second-order valence-corrected chi connectivity index (χ2v) is 13.2. The van der Waals surface area contributed by atoms with E-state index in [2.05, 4.69) is 25.2 Å². The Kier molecular flexibility index (Phi) is 9.74. The number of alkyl halides is 4. The van der Waals surface area contributed by atoms with Crippen LogP contribution < -0.4 is 11.1 Å². The van der Waals surface area contributed by atoms with Crippen LogP contribution >= 0.6 is 11.3 Å². The van der Waals surface area contributed by atoms with Gasteiger partial charge in [-0.3, -0.25) is 15.1 Å². The quantitative estimate of drug-likeness (QED) is 0.107. The molecule has 2 unspecified atom stereocenters. The summed E-state index contributed by atoms with van der Waals surface area (Å²) >= 11 is 1.21. The van der Waals surface area contributed by atoms with Gasteiger partial charge in [-0.25, -0.2) is 27.5 Å². The Hall–Kier alpha value is -4.10. The van der Waals surface area contributed by atoms with E-state index in [1.54, 1.807) is 23.8 Å². The van der Waals surface area contributed by atoms with Gasteiger partial charge in [0.25, 0.3) is 12.3 Å². The zero-order valence-electron chi connectivity index (χ0n) is 26.2. The number of imidazole rings is 1. The number of aromatic nitrogens is 3. The number of nitrogens with zero attached hydrogens (tertiary/aromatic N) is 5. The van der Waals surface area contributed by atoms with Crippen molar-refractivity contribution < 1.29 is 22.4 Å². The summed E-state index contributed by atoms with van der Waals surface area (Å²) in [6.45, 7) is 5.59. The van der Waals surface area contributed by atoms with Gasteiger partial charge in [-0.1, -0.05) is 24.3 Å². The van der Waals surface area contributed by atoms with Crippen LogP contribution in [-0.2, 0) is 17.8 Å². The number of benzene rings is 2. The summed E-state index contributed by atoms with van der Waals surface area (Å²) < 4.78 is 58.5. The first-order valence-electron chi connectivity index (χ1n) is 15.7. The van der Waals surface area contributed by atoms with E-state index in [1.165, 1.54) is 36.1 Å². The highest BCUT2D eigenvalue weighted by molar-refractivity contribution is 7.13. The maximum atomic E-state index is 14.6. The Morgan fingerprint density at radius 1 is 1.19 bits per heavy atom. The molecule has 1 amide bonds. The van der Waals surface area contributed by atoms with Gasteiger partial charge >= 0.3 is 0 Å². The van der Waals surface area contributed by atoms with Crippen molar-refractivity contribution in [1.29, 1.82) is 0 Å². The number of nitrogens with two attached hydrogens (primary N) is 1. The molecule has 0 spiro atoms.